The molecule has 1 unspecified atom stereocenters. The first-order valence-electron chi connectivity index (χ1n) is 4.63. The number of hydrogen-bond donors (Lipinski definition) is 2. The second-order valence-corrected chi connectivity index (χ2v) is 3.35. The summed E-state index contributed by atoms with van der Waals surface area (Å²) in [5.41, 5.74) is 0.859. The summed E-state index contributed by atoms with van der Waals surface area (Å²) in [7, 11) is 1.89. The molecule has 1 aromatic carbocycles. The van der Waals surface area contributed by atoms with Gasteiger partial charge in [0.25, 0.3) is 0 Å². The van der Waals surface area contributed by atoms with Crippen LogP contribution in [0.3, 0.4) is 0 Å². The number of ether oxygens (including phenoxy) is 1. The predicted octanol–water partition coefficient (Wildman–Crippen LogP) is 1.22. The topological polar surface area (TPSA) is 33.3 Å². The molecule has 76 valence electrons. The summed E-state index contributed by atoms with van der Waals surface area (Å²) in [5.74, 6) is 0.329. The van der Waals surface area contributed by atoms with Gasteiger partial charge in [-0.2, -0.15) is 0 Å². The predicted molar refractivity (Wildman–Crippen MR) is 53.2 cm³/mol. The molecule has 3 nitrogen and oxygen atoms in total. The summed E-state index contributed by atoms with van der Waals surface area (Å²) in [5, 5.41) is 6.33. The molecule has 1 atom stereocenters. The molecule has 0 bridgehead atoms. The Morgan fingerprint density at radius 2 is 2.50 bits per heavy atom. The van der Waals surface area contributed by atoms with E-state index in [-0.39, 0.29) is 11.9 Å². The molecular weight excluding hydrogens is 183 g/mol. The third kappa shape index (κ3) is 1.80. The zero-order chi connectivity index (χ0) is 9.97. The van der Waals surface area contributed by atoms with Crippen molar-refractivity contribution in [2.45, 2.75) is 6.04 Å². The number of nitrogens with one attached hydrogen (secondary N) is 2. The standard InChI is InChI=1S/C10H13FN2O/c1-12-5-8-6-14-10-4-7(11)2-3-9(10)13-8/h2-4,8,12-13H,5-6H2,1H3. The lowest BCUT2D eigenvalue weighted by molar-refractivity contribution is 0.281. The zero-order valence-corrected chi connectivity index (χ0v) is 8.01. The van der Waals surface area contributed by atoms with Crippen LogP contribution in [0.25, 0.3) is 0 Å². The highest BCUT2D eigenvalue weighted by Gasteiger charge is 2.18. The van der Waals surface area contributed by atoms with Gasteiger partial charge in [0.2, 0.25) is 0 Å². The SMILES string of the molecule is CNCC1COc2cc(F)ccc2N1. The molecular formula is C10H13FN2O. The van der Waals surface area contributed by atoms with Gasteiger partial charge in [-0.3, -0.25) is 0 Å². The van der Waals surface area contributed by atoms with E-state index in [0.717, 1.165) is 12.2 Å². The second kappa shape index (κ2) is 3.84. The third-order valence-electron chi connectivity index (χ3n) is 2.19. The molecule has 0 fully saturated rings. The van der Waals surface area contributed by atoms with Crippen molar-refractivity contribution >= 4 is 5.69 Å². The number of likely N-dealkylation sites (N-methyl/N-ethyl adjacent to an activating group) is 1. The Balaban J connectivity index is 2.15. The Hall–Kier alpha value is -1.29. The van der Waals surface area contributed by atoms with Crippen LogP contribution in [0.1, 0.15) is 0 Å². The maximum absolute atomic E-state index is 12.8. The molecule has 1 aliphatic heterocycles. The average molecular weight is 196 g/mol. The number of anilines is 1. The van der Waals surface area contributed by atoms with Gasteiger partial charge in [0.05, 0.1) is 11.7 Å². The summed E-state index contributed by atoms with van der Waals surface area (Å²) in [6, 6.07) is 4.78. The van der Waals surface area contributed by atoms with Crippen LogP contribution in [0.4, 0.5) is 10.1 Å². The highest BCUT2D eigenvalue weighted by Crippen LogP contribution is 2.29. The summed E-state index contributed by atoms with van der Waals surface area (Å²) < 4.78 is 18.2. The van der Waals surface area contributed by atoms with E-state index in [4.69, 9.17) is 4.74 Å². The van der Waals surface area contributed by atoms with Crippen molar-refractivity contribution in [1.82, 2.24) is 5.32 Å². The van der Waals surface area contributed by atoms with Crippen molar-refractivity contribution in [1.29, 1.82) is 0 Å². The Kier molecular flexibility index (Phi) is 2.54. The Bertz CT molecular complexity index is 330. The number of halogens is 1. The fourth-order valence-corrected chi connectivity index (χ4v) is 1.54. The molecule has 0 spiro atoms. The highest BCUT2D eigenvalue weighted by atomic mass is 19.1. The van der Waals surface area contributed by atoms with Crippen LogP contribution in [-0.4, -0.2) is 26.2 Å². The van der Waals surface area contributed by atoms with E-state index in [0.29, 0.717) is 12.4 Å². The van der Waals surface area contributed by atoms with E-state index in [1.165, 1.54) is 12.1 Å². The molecule has 2 rings (SSSR count). The van der Waals surface area contributed by atoms with E-state index in [1.807, 2.05) is 7.05 Å². The fraction of sp³-hybridized carbons (Fsp3) is 0.400. The molecule has 0 saturated carbocycles. The molecule has 0 aliphatic carbocycles. The van der Waals surface area contributed by atoms with Crippen molar-refractivity contribution in [2.75, 3.05) is 25.5 Å². The lowest BCUT2D eigenvalue weighted by atomic mass is 10.2. The monoisotopic (exact) mass is 196 g/mol. The van der Waals surface area contributed by atoms with Crippen LogP contribution in [0.2, 0.25) is 0 Å². The summed E-state index contributed by atoms with van der Waals surface area (Å²) in [6.45, 7) is 1.40. The highest BCUT2D eigenvalue weighted by molar-refractivity contribution is 5.58. The van der Waals surface area contributed by atoms with Crippen molar-refractivity contribution in [3.8, 4) is 5.75 Å². The van der Waals surface area contributed by atoms with Crippen LogP contribution < -0.4 is 15.4 Å². The minimum atomic E-state index is -0.266. The first kappa shape index (κ1) is 9.27. The minimum Gasteiger partial charge on any atom is -0.489 e. The Labute approximate surface area is 82.3 Å². The first-order chi connectivity index (χ1) is 6.79. The summed E-state index contributed by atoms with van der Waals surface area (Å²) in [4.78, 5) is 0. The molecule has 14 heavy (non-hydrogen) atoms. The molecule has 0 amide bonds. The number of rotatable bonds is 2. The van der Waals surface area contributed by atoms with E-state index in [2.05, 4.69) is 10.6 Å². The van der Waals surface area contributed by atoms with Gasteiger partial charge in [-0.15, -0.1) is 0 Å². The molecule has 0 radical (unpaired) electrons. The van der Waals surface area contributed by atoms with Crippen molar-refractivity contribution in [3.05, 3.63) is 24.0 Å². The average Bonchev–Trinajstić information content (AvgIpc) is 2.19. The lowest BCUT2D eigenvalue weighted by Gasteiger charge is -2.27. The van der Waals surface area contributed by atoms with Gasteiger partial charge in [-0.25, -0.2) is 4.39 Å². The van der Waals surface area contributed by atoms with Crippen LogP contribution in [0, 0.1) is 5.82 Å². The van der Waals surface area contributed by atoms with Crippen molar-refractivity contribution in [2.24, 2.45) is 0 Å². The van der Waals surface area contributed by atoms with Gasteiger partial charge in [0.15, 0.2) is 0 Å². The third-order valence-corrected chi connectivity index (χ3v) is 2.19. The molecule has 1 heterocycles. The summed E-state index contributed by atoms with van der Waals surface area (Å²) >= 11 is 0. The van der Waals surface area contributed by atoms with Crippen LogP contribution in [0.15, 0.2) is 18.2 Å². The van der Waals surface area contributed by atoms with E-state index < -0.39 is 0 Å². The lowest BCUT2D eigenvalue weighted by Crippen LogP contribution is -2.38. The Morgan fingerprint density at radius 3 is 3.29 bits per heavy atom. The molecule has 0 saturated heterocycles. The zero-order valence-electron chi connectivity index (χ0n) is 8.01. The molecule has 2 N–H and O–H groups in total. The molecule has 0 aromatic heterocycles. The fourth-order valence-electron chi connectivity index (χ4n) is 1.54. The minimum absolute atomic E-state index is 0.248. The van der Waals surface area contributed by atoms with Crippen LogP contribution in [-0.2, 0) is 0 Å². The van der Waals surface area contributed by atoms with Crippen molar-refractivity contribution in [3.63, 3.8) is 0 Å². The number of hydrogen-bond acceptors (Lipinski definition) is 3. The molecule has 1 aromatic rings. The largest absolute Gasteiger partial charge is 0.489 e. The maximum atomic E-state index is 12.8. The quantitative estimate of drug-likeness (QED) is 0.746. The van der Waals surface area contributed by atoms with E-state index >= 15 is 0 Å². The van der Waals surface area contributed by atoms with E-state index in [1.54, 1.807) is 6.07 Å². The molecule has 4 heteroatoms. The maximum Gasteiger partial charge on any atom is 0.145 e. The van der Waals surface area contributed by atoms with Gasteiger partial charge >= 0.3 is 0 Å². The number of fused-ring (bicyclic) bond motifs is 1. The van der Waals surface area contributed by atoms with Gasteiger partial charge < -0.3 is 15.4 Å². The van der Waals surface area contributed by atoms with Gasteiger partial charge in [0, 0.05) is 12.6 Å². The van der Waals surface area contributed by atoms with Crippen molar-refractivity contribution < 1.29 is 9.13 Å². The Morgan fingerprint density at radius 1 is 1.64 bits per heavy atom. The normalized spacial score (nSPS) is 19.4. The molecule has 1 aliphatic rings. The smallest absolute Gasteiger partial charge is 0.145 e. The van der Waals surface area contributed by atoms with Gasteiger partial charge in [0.1, 0.15) is 18.2 Å². The van der Waals surface area contributed by atoms with Gasteiger partial charge in [-0.05, 0) is 19.2 Å². The van der Waals surface area contributed by atoms with Crippen LogP contribution >= 0.6 is 0 Å². The van der Waals surface area contributed by atoms with Gasteiger partial charge in [-0.1, -0.05) is 0 Å². The van der Waals surface area contributed by atoms with E-state index in [9.17, 15) is 4.39 Å². The first-order valence-corrected chi connectivity index (χ1v) is 4.63. The second-order valence-electron chi connectivity index (χ2n) is 3.35. The summed E-state index contributed by atoms with van der Waals surface area (Å²) in [6.07, 6.45) is 0. The van der Waals surface area contributed by atoms with Crippen LogP contribution in [0.5, 0.6) is 5.75 Å². The number of benzene rings is 1.